The molecule has 0 spiro atoms. The van der Waals surface area contributed by atoms with E-state index in [1.807, 2.05) is 6.92 Å². The second kappa shape index (κ2) is 3.55. The van der Waals surface area contributed by atoms with Gasteiger partial charge in [0.1, 0.15) is 6.23 Å². The van der Waals surface area contributed by atoms with Crippen molar-refractivity contribution in [3.05, 3.63) is 0 Å². The molecule has 0 radical (unpaired) electrons. The van der Waals surface area contributed by atoms with Gasteiger partial charge in [-0.05, 0) is 20.8 Å². The number of nitriles is 1. The fraction of sp³-hybridized carbons (Fsp3) is 0.857. The molecule has 0 bridgehead atoms. The van der Waals surface area contributed by atoms with Gasteiger partial charge in [-0.3, -0.25) is 0 Å². The van der Waals surface area contributed by atoms with Crippen LogP contribution in [-0.2, 0) is 4.74 Å². The van der Waals surface area contributed by atoms with E-state index in [1.54, 1.807) is 13.8 Å². The number of hydrogen-bond acceptors (Lipinski definition) is 3. The number of ether oxygens (including phenoxy) is 1. The highest BCUT2D eigenvalue weighted by Gasteiger charge is 2.26. The maximum Gasteiger partial charge on any atom is 0.123 e. The molecule has 0 amide bonds. The number of nitrogens with zero attached hydrogens (tertiary/aromatic N) is 1. The zero-order valence-corrected chi connectivity index (χ0v) is 6.72. The van der Waals surface area contributed by atoms with Crippen LogP contribution in [-0.4, -0.2) is 12.8 Å². The van der Waals surface area contributed by atoms with Crippen molar-refractivity contribution in [2.75, 3.05) is 6.61 Å². The van der Waals surface area contributed by atoms with E-state index in [0.717, 1.165) is 0 Å². The smallest absolute Gasteiger partial charge is 0.123 e. The van der Waals surface area contributed by atoms with E-state index in [1.165, 1.54) is 0 Å². The highest BCUT2D eigenvalue weighted by atomic mass is 16.5. The van der Waals surface area contributed by atoms with Crippen LogP contribution in [0.3, 0.4) is 0 Å². The molecule has 0 fully saturated rings. The Morgan fingerprint density at radius 1 is 1.70 bits per heavy atom. The van der Waals surface area contributed by atoms with E-state index < -0.39 is 11.6 Å². The Kier molecular flexibility index (Phi) is 3.34. The minimum absolute atomic E-state index is 0.484. The summed E-state index contributed by atoms with van der Waals surface area (Å²) in [6.07, 6.45) is -0.484. The van der Waals surface area contributed by atoms with Crippen molar-refractivity contribution in [1.29, 1.82) is 5.26 Å². The van der Waals surface area contributed by atoms with E-state index in [9.17, 15) is 0 Å². The Morgan fingerprint density at radius 3 is 2.50 bits per heavy atom. The molecule has 0 aromatic carbocycles. The van der Waals surface area contributed by atoms with Crippen molar-refractivity contribution in [2.24, 2.45) is 11.1 Å². The summed E-state index contributed by atoms with van der Waals surface area (Å²) in [6, 6.07) is 2.08. The van der Waals surface area contributed by atoms with E-state index in [-0.39, 0.29) is 0 Å². The Labute approximate surface area is 61.8 Å². The van der Waals surface area contributed by atoms with Crippen molar-refractivity contribution in [3.8, 4) is 6.07 Å². The first-order valence-corrected chi connectivity index (χ1v) is 3.33. The van der Waals surface area contributed by atoms with Crippen molar-refractivity contribution in [3.63, 3.8) is 0 Å². The lowest BCUT2D eigenvalue weighted by Gasteiger charge is -2.23. The van der Waals surface area contributed by atoms with Crippen LogP contribution in [0.2, 0.25) is 0 Å². The van der Waals surface area contributed by atoms with Gasteiger partial charge in [0.15, 0.2) is 0 Å². The Bertz CT molecular complexity index is 137. The van der Waals surface area contributed by atoms with Gasteiger partial charge in [0, 0.05) is 6.61 Å². The van der Waals surface area contributed by atoms with Crippen molar-refractivity contribution >= 4 is 0 Å². The van der Waals surface area contributed by atoms with Crippen LogP contribution in [0.15, 0.2) is 0 Å². The summed E-state index contributed by atoms with van der Waals surface area (Å²) < 4.78 is 5.05. The zero-order chi connectivity index (χ0) is 8.20. The highest BCUT2D eigenvalue weighted by Crippen LogP contribution is 2.17. The maximum absolute atomic E-state index is 8.58. The molecule has 0 saturated heterocycles. The van der Waals surface area contributed by atoms with Crippen LogP contribution in [0.25, 0.3) is 0 Å². The summed E-state index contributed by atoms with van der Waals surface area (Å²) in [5.41, 5.74) is 4.94. The molecule has 0 aliphatic heterocycles. The predicted molar refractivity (Wildman–Crippen MR) is 39.0 cm³/mol. The van der Waals surface area contributed by atoms with Crippen LogP contribution in [0.1, 0.15) is 20.8 Å². The van der Waals surface area contributed by atoms with E-state index in [2.05, 4.69) is 6.07 Å². The van der Waals surface area contributed by atoms with Crippen LogP contribution in [0.5, 0.6) is 0 Å². The van der Waals surface area contributed by atoms with Gasteiger partial charge >= 0.3 is 0 Å². The summed E-state index contributed by atoms with van der Waals surface area (Å²) in [5, 5.41) is 8.58. The summed E-state index contributed by atoms with van der Waals surface area (Å²) in [7, 11) is 0. The van der Waals surface area contributed by atoms with Gasteiger partial charge in [-0.25, -0.2) is 0 Å². The second-order valence-electron chi connectivity index (χ2n) is 2.71. The number of hydrogen-bond donors (Lipinski definition) is 1. The molecule has 0 aliphatic carbocycles. The lowest BCUT2D eigenvalue weighted by molar-refractivity contribution is 0.00941. The fourth-order valence-electron chi connectivity index (χ4n) is 0.452. The zero-order valence-electron chi connectivity index (χ0n) is 6.72. The molecule has 0 rings (SSSR count). The molecule has 0 saturated carbocycles. The molecule has 1 unspecified atom stereocenters. The van der Waals surface area contributed by atoms with Gasteiger partial charge in [-0.2, -0.15) is 5.26 Å². The first-order chi connectivity index (χ1) is 4.54. The average Bonchev–Trinajstić information content (AvgIpc) is 1.89. The quantitative estimate of drug-likeness (QED) is 0.594. The summed E-state index contributed by atoms with van der Waals surface area (Å²) in [5.74, 6) is 0. The molecular weight excluding hydrogens is 128 g/mol. The normalized spacial score (nSPS) is 14.3. The minimum Gasteiger partial charge on any atom is -0.362 e. The van der Waals surface area contributed by atoms with Crippen molar-refractivity contribution in [2.45, 2.75) is 27.0 Å². The lowest BCUT2D eigenvalue weighted by Crippen LogP contribution is -2.38. The Morgan fingerprint density at radius 2 is 2.20 bits per heavy atom. The lowest BCUT2D eigenvalue weighted by atomic mass is 9.94. The fourth-order valence-corrected chi connectivity index (χ4v) is 0.452. The summed E-state index contributed by atoms with van der Waals surface area (Å²) in [4.78, 5) is 0. The van der Waals surface area contributed by atoms with Crippen molar-refractivity contribution < 1.29 is 4.74 Å². The minimum atomic E-state index is -0.587. The molecule has 1 atom stereocenters. The average molecular weight is 142 g/mol. The van der Waals surface area contributed by atoms with Gasteiger partial charge in [0.25, 0.3) is 0 Å². The second-order valence-corrected chi connectivity index (χ2v) is 2.71. The molecular formula is C7H14N2O. The van der Waals surface area contributed by atoms with Gasteiger partial charge in [0.05, 0.1) is 11.5 Å². The topological polar surface area (TPSA) is 59.0 Å². The van der Waals surface area contributed by atoms with E-state index >= 15 is 0 Å². The molecule has 0 aromatic heterocycles. The summed E-state index contributed by atoms with van der Waals surface area (Å²) >= 11 is 0. The Hall–Kier alpha value is -0.590. The van der Waals surface area contributed by atoms with Crippen LogP contribution in [0, 0.1) is 16.7 Å². The van der Waals surface area contributed by atoms with Crippen molar-refractivity contribution in [1.82, 2.24) is 0 Å². The third kappa shape index (κ3) is 2.34. The third-order valence-corrected chi connectivity index (χ3v) is 1.35. The van der Waals surface area contributed by atoms with Gasteiger partial charge in [-0.1, -0.05) is 0 Å². The molecule has 10 heavy (non-hydrogen) atoms. The molecule has 2 N–H and O–H groups in total. The summed E-state index contributed by atoms with van der Waals surface area (Å²) in [6.45, 7) is 5.92. The number of rotatable bonds is 3. The molecule has 58 valence electrons. The predicted octanol–water partition coefficient (Wildman–Crippen LogP) is 0.857. The van der Waals surface area contributed by atoms with E-state index in [4.69, 9.17) is 15.7 Å². The van der Waals surface area contributed by atoms with Crippen LogP contribution < -0.4 is 5.73 Å². The number of nitrogens with two attached hydrogens (primary N) is 1. The maximum atomic E-state index is 8.58. The van der Waals surface area contributed by atoms with Gasteiger partial charge in [-0.15, -0.1) is 0 Å². The standard InChI is InChI=1S/C7H14N2O/c1-4-10-6(9)7(2,3)5-8/h6H,4,9H2,1-3H3. The van der Waals surface area contributed by atoms with Gasteiger partial charge in [0.2, 0.25) is 0 Å². The van der Waals surface area contributed by atoms with E-state index in [0.29, 0.717) is 6.61 Å². The van der Waals surface area contributed by atoms with Crippen LogP contribution >= 0.6 is 0 Å². The first-order valence-electron chi connectivity index (χ1n) is 3.33. The molecule has 0 aliphatic rings. The Balaban J connectivity index is 3.94. The highest BCUT2D eigenvalue weighted by molar-refractivity contribution is 4.95. The molecule has 0 heterocycles. The largest absolute Gasteiger partial charge is 0.362 e. The third-order valence-electron chi connectivity index (χ3n) is 1.35. The molecule has 0 aromatic rings. The van der Waals surface area contributed by atoms with Crippen LogP contribution in [0.4, 0.5) is 0 Å². The molecule has 3 nitrogen and oxygen atoms in total. The SMILES string of the molecule is CCOC(N)C(C)(C)C#N. The van der Waals surface area contributed by atoms with Gasteiger partial charge < -0.3 is 10.5 Å². The monoisotopic (exact) mass is 142 g/mol. The molecule has 3 heteroatoms. The first kappa shape index (κ1) is 9.41.